The van der Waals surface area contributed by atoms with Crippen molar-refractivity contribution in [1.29, 1.82) is 0 Å². The Kier molecular flexibility index (Phi) is 5.47. The van der Waals surface area contributed by atoms with Gasteiger partial charge in [0.1, 0.15) is 5.82 Å². The molecule has 0 bridgehead atoms. The summed E-state index contributed by atoms with van der Waals surface area (Å²) in [5.74, 6) is 0.867. The summed E-state index contributed by atoms with van der Waals surface area (Å²) < 4.78 is 5.96. The van der Waals surface area contributed by atoms with Gasteiger partial charge in [0.15, 0.2) is 0 Å². The first-order valence-electron chi connectivity index (χ1n) is 9.44. The molecule has 1 saturated heterocycles. The highest BCUT2D eigenvalue weighted by Gasteiger charge is 2.21. The van der Waals surface area contributed by atoms with Gasteiger partial charge in [-0.05, 0) is 36.2 Å². The number of morpholine rings is 1. The quantitative estimate of drug-likeness (QED) is 0.716. The number of pyridine rings is 1. The summed E-state index contributed by atoms with van der Waals surface area (Å²) in [7, 11) is 0. The van der Waals surface area contributed by atoms with Crippen LogP contribution in [0, 0.1) is 6.92 Å². The summed E-state index contributed by atoms with van der Waals surface area (Å²) in [6, 6.07) is 23.0. The molecular weight excluding hydrogens is 334 g/mol. The van der Waals surface area contributed by atoms with Gasteiger partial charge in [-0.2, -0.15) is 0 Å². The van der Waals surface area contributed by atoms with Crippen LogP contribution in [0.25, 0.3) is 0 Å². The Balaban J connectivity index is 1.36. The van der Waals surface area contributed by atoms with Crippen LogP contribution in [0.5, 0.6) is 0 Å². The summed E-state index contributed by atoms with van der Waals surface area (Å²) >= 11 is 0. The van der Waals surface area contributed by atoms with Crippen LogP contribution in [-0.2, 0) is 11.3 Å². The van der Waals surface area contributed by atoms with Crippen molar-refractivity contribution in [2.45, 2.75) is 19.6 Å². The minimum absolute atomic E-state index is 0.149. The number of aromatic nitrogens is 1. The van der Waals surface area contributed by atoms with E-state index < -0.39 is 0 Å². The van der Waals surface area contributed by atoms with E-state index in [0.29, 0.717) is 0 Å². The van der Waals surface area contributed by atoms with Crippen molar-refractivity contribution in [2.24, 2.45) is 0 Å². The monoisotopic (exact) mass is 359 g/mol. The highest BCUT2D eigenvalue weighted by Crippen LogP contribution is 2.23. The molecule has 0 spiro atoms. The van der Waals surface area contributed by atoms with Gasteiger partial charge >= 0.3 is 0 Å². The Morgan fingerprint density at radius 1 is 1.04 bits per heavy atom. The number of hydrogen-bond acceptors (Lipinski definition) is 4. The molecule has 0 aliphatic carbocycles. The van der Waals surface area contributed by atoms with Crippen LogP contribution in [0.4, 0.5) is 11.5 Å². The third-order valence-electron chi connectivity index (χ3n) is 4.88. The molecule has 1 atom stereocenters. The molecule has 1 aliphatic rings. The van der Waals surface area contributed by atoms with Gasteiger partial charge in [0, 0.05) is 31.5 Å². The molecule has 4 heteroatoms. The molecule has 2 heterocycles. The van der Waals surface area contributed by atoms with Crippen molar-refractivity contribution >= 4 is 11.5 Å². The Hall–Kier alpha value is -2.69. The minimum atomic E-state index is 0.149. The van der Waals surface area contributed by atoms with Crippen molar-refractivity contribution in [3.05, 3.63) is 89.6 Å². The number of rotatable bonds is 5. The molecule has 0 radical (unpaired) electrons. The van der Waals surface area contributed by atoms with Gasteiger partial charge in [-0.15, -0.1) is 0 Å². The first-order valence-corrected chi connectivity index (χ1v) is 9.44. The molecule has 0 amide bonds. The van der Waals surface area contributed by atoms with Crippen molar-refractivity contribution in [3.8, 4) is 0 Å². The average molecular weight is 359 g/mol. The van der Waals surface area contributed by atoms with Gasteiger partial charge in [-0.25, -0.2) is 4.98 Å². The normalized spacial score (nSPS) is 17.6. The zero-order chi connectivity index (χ0) is 18.5. The molecule has 0 unspecified atom stereocenters. The van der Waals surface area contributed by atoms with Crippen molar-refractivity contribution < 1.29 is 4.74 Å². The zero-order valence-corrected chi connectivity index (χ0v) is 15.6. The van der Waals surface area contributed by atoms with E-state index in [1.807, 2.05) is 18.3 Å². The van der Waals surface area contributed by atoms with Crippen molar-refractivity contribution in [3.63, 3.8) is 0 Å². The summed E-state index contributed by atoms with van der Waals surface area (Å²) in [5, 5.41) is 3.35. The van der Waals surface area contributed by atoms with Gasteiger partial charge in [0.25, 0.3) is 0 Å². The van der Waals surface area contributed by atoms with Gasteiger partial charge in [0.2, 0.25) is 0 Å². The molecule has 4 rings (SSSR count). The van der Waals surface area contributed by atoms with E-state index in [4.69, 9.17) is 4.74 Å². The van der Waals surface area contributed by atoms with Crippen LogP contribution in [0.15, 0.2) is 72.9 Å². The van der Waals surface area contributed by atoms with E-state index in [-0.39, 0.29) is 6.10 Å². The summed E-state index contributed by atoms with van der Waals surface area (Å²) in [4.78, 5) is 7.01. The van der Waals surface area contributed by atoms with Gasteiger partial charge in [-0.1, -0.05) is 54.1 Å². The van der Waals surface area contributed by atoms with E-state index in [0.717, 1.165) is 37.7 Å². The van der Waals surface area contributed by atoms with E-state index in [1.54, 1.807) is 0 Å². The molecule has 1 aliphatic heterocycles. The van der Waals surface area contributed by atoms with Gasteiger partial charge in [-0.3, -0.25) is 4.90 Å². The van der Waals surface area contributed by atoms with Gasteiger partial charge < -0.3 is 10.1 Å². The maximum atomic E-state index is 5.96. The van der Waals surface area contributed by atoms with Crippen molar-refractivity contribution in [1.82, 2.24) is 9.88 Å². The van der Waals surface area contributed by atoms with Gasteiger partial charge in [0.05, 0.1) is 12.7 Å². The zero-order valence-electron chi connectivity index (χ0n) is 15.6. The molecule has 138 valence electrons. The third kappa shape index (κ3) is 4.73. The van der Waals surface area contributed by atoms with Crippen LogP contribution >= 0.6 is 0 Å². The van der Waals surface area contributed by atoms with Crippen LogP contribution in [-0.4, -0.2) is 29.6 Å². The number of ether oxygens (including phenoxy) is 1. The minimum Gasteiger partial charge on any atom is -0.371 e. The second-order valence-electron chi connectivity index (χ2n) is 7.05. The highest BCUT2D eigenvalue weighted by molar-refractivity contribution is 5.56. The molecular formula is C23H25N3O. The summed E-state index contributed by atoms with van der Waals surface area (Å²) in [6.45, 7) is 5.61. The fourth-order valence-electron chi connectivity index (χ4n) is 3.35. The molecule has 2 aromatic carbocycles. The van der Waals surface area contributed by atoms with E-state index in [1.165, 1.54) is 16.7 Å². The second kappa shape index (κ2) is 8.33. The smallest absolute Gasteiger partial charge is 0.130 e. The molecule has 4 nitrogen and oxygen atoms in total. The predicted octanol–water partition coefficient (Wildman–Crippen LogP) is 4.71. The average Bonchev–Trinajstić information content (AvgIpc) is 2.72. The number of aryl methyl sites for hydroxylation is 1. The number of nitrogens with zero attached hydrogens (tertiary/aromatic N) is 2. The molecule has 1 aromatic heterocycles. The van der Waals surface area contributed by atoms with Crippen LogP contribution in [0.1, 0.15) is 22.8 Å². The molecule has 3 aromatic rings. The third-order valence-corrected chi connectivity index (χ3v) is 4.88. The lowest BCUT2D eigenvalue weighted by Crippen LogP contribution is -2.37. The second-order valence-corrected chi connectivity index (χ2v) is 7.05. The van der Waals surface area contributed by atoms with Crippen LogP contribution in [0.2, 0.25) is 0 Å². The SMILES string of the molecule is Cc1ccc(Nc2ccc(CN3CCO[C@@H](c4ccccc4)C3)cn2)cc1. The summed E-state index contributed by atoms with van der Waals surface area (Å²) in [5.41, 5.74) is 4.78. The summed E-state index contributed by atoms with van der Waals surface area (Å²) in [6.07, 6.45) is 2.11. The maximum Gasteiger partial charge on any atom is 0.130 e. The lowest BCUT2D eigenvalue weighted by Gasteiger charge is -2.33. The predicted molar refractivity (Wildman–Crippen MR) is 109 cm³/mol. The first-order chi connectivity index (χ1) is 13.3. The molecule has 0 saturated carbocycles. The van der Waals surface area contributed by atoms with Crippen LogP contribution in [0.3, 0.4) is 0 Å². The Bertz CT molecular complexity index is 847. The Morgan fingerprint density at radius 3 is 2.59 bits per heavy atom. The lowest BCUT2D eigenvalue weighted by molar-refractivity contribution is -0.0329. The Morgan fingerprint density at radius 2 is 1.85 bits per heavy atom. The fraction of sp³-hybridized carbons (Fsp3) is 0.261. The highest BCUT2D eigenvalue weighted by atomic mass is 16.5. The van der Waals surface area contributed by atoms with E-state index in [9.17, 15) is 0 Å². The standard InChI is InChI=1S/C23H25N3O/c1-18-7-10-21(11-8-18)25-23-12-9-19(15-24-23)16-26-13-14-27-22(17-26)20-5-3-2-4-6-20/h2-12,15,22H,13-14,16-17H2,1H3,(H,24,25)/t22-/m1/s1. The number of anilines is 2. The number of hydrogen-bond donors (Lipinski definition) is 1. The Labute approximate surface area is 160 Å². The maximum absolute atomic E-state index is 5.96. The molecule has 27 heavy (non-hydrogen) atoms. The van der Waals surface area contributed by atoms with Crippen molar-refractivity contribution in [2.75, 3.05) is 25.0 Å². The van der Waals surface area contributed by atoms with E-state index in [2.05, 4.69) is 76.7 Å². The van der Waals surface area contributed by atoms with Crippen LogP contribution < -0.4 is 5.32 Å². The number of benzene rings is 2. The molecule has 1 N–H and O–H groups in total. The fourth-order valence-corrected chi connectivity index (χ4v) is 3.35. The topological polar surface area (TPSA) is 37.4 Å². The molecule has 1 fully saturated rings. The lowest BCUT2D eigenvalue weighted by atomic mass is 10.1. The van der Waals surface area contributed by atoms with E-state index >= 15 is 0 Å². The first kappa shape index (κ1) is 17.7. The largest absolute Gasteiger partial charge is 0.371 e. The number of nitrogens with one attached hydrogen (secondary N) is 1.